The van der Waals surface area contributed by atoms with Crippen LogP contribution in [0.15, 0.2) is 162 Å². The van der Waals surface area contributed by atoms with Gasteiger partial charge in [0.25, 0.3) is 0 Å². The van der Waals surface area contributed by atoms with Crippen LogP contribution < -0.4 is 0 Å². The quantitative estimate of drug-likeness (QED) is 0.180. The van der Waals surface area contributed by atoms with Crippen molar-refractivity contribution in [2.24, 2.45) is 0 Å². The second-order valence-corrected chi connectivity index (χ2v) is 15.2. The van der Waals surface area contributed by atoms with Crippen molar-refractivity contribution in [2.75, 3.05) is 0 Å². The van der Waals surface area contributed by atoms with Crippen LogP contribution >= 0.6 is 0 Å². The smallest absolute Gasteiger partial charge is 0.165 e. The van der Waals surface area contributed by atoms with Gasteiger partial charge in [-0.2, -0.15) is 0 Å². The number of para-hydroxylation sites is 3. The Bertz CT molecular complexity index is 3690. The van der Waals surface area contributed by atoms with Crippen molar-refractivity contribution in [1.29, 1.82) is 0 Å². The fraction of sp³-hybridized carbons (Fsp3) is 0.0400. The van der Waals surface area contributed by atoms with E-state index in [-0.39, 0.29) is 0 Å². The van der Waals surface area contributed by atoms with E-state index in [0.717, 1.165) is 66.6 Å². The summed E-state index contributed by atoms with van der Waals surface area (Å²) in [4.78, 5) is 11.0. The van der Waals surface area contributed by atoms with Crippen molar-refractivity contribution in [3.8, 4) is 28.2 Å². The van der Waals surface area contributed by atoms with Gasteiger partial charge in [0.15, 0.2) is 5.82 Å². The van der Waals surface area contributed by atoms with Crippen molar-refractivity contribution in [3.05, 3.63) is 169 Å². The van der Waals surface area contributed by atoms with Crippen LogP contribution in [0.25, 0.3) is 110 Å². The summed E-state index contributed by atoms with van der Waals surface area (Å²) in [7, 11) is 0. The molecule has 14 rings (SSSR count). The van der Waals surface area contributed by atoms with Gasteiger partial charge in [-0.3, -0.25) is 4.57 Å². The van der Waals surface area contributed by atoms with E-state index in [1.165, 1.54) is 54.8 Å². The van der Waals surface area contributed by atoms with E-state index in [0.29, 0.717) is 11.8 Å². The largest absolute Gasteiger partial charge is 0.456 e. The number of aromatic nitrogens is 4. The molecule has 0 spiro atoms. The van der Waals surface area contributed by atoms with Crippen LogP contribution in [0.3, 0.4) is 0 Å². The minimum Gasteiger partial charge on any atom is -0.456 e. The highest BCUT2D eigenvalue weighted by Crippen LogP contribution is 2.52. The van der Waals surface area contributed by atoms with Crippen LogP contribution in [0, 0.1) is 0 Å². The zero-order valence-corrected chi connectivity index (χ0v) is 29.4. The van der Waals surface area contributed by atoms with Crippen molar-refractivity contribution < 1.29 is 4.42 Å². The van der Waals surface area contributed by atoms with Gasteiger partial charge in [-0.1, -0.05) is 97.1 Å². The molecule has 5 aromatic heterocycles. The average Bonchev–Trinajstić information content (AvgIpc) is 3.87. The predicted octanol–water partition coefficient (Wildman–Crippen LogP) is 12.7. The second kappa shape index (κ2) is 9.84. The van der Waals surface area contributed by atoms with Gasteiger partial charge in [0, 0.05) is 44.3 Å². The molecule has 2 unspecified atom stereocenters. The van der Waals surface area contributed by atoms with Crippen molar-refractivity contribution in [1.82, 2.24) is 18.9 Å². The Morgan fingerprint density at radius 1 is 0.491 bits per heavy atom. The lowest BCUT2D eigenvalue weighted by atomic mass is 9.70. The molecule has 0 N–H and O–H groups in total. The number of allylic oxidation sites excluding steroid dienone is 4. The molecule has 7 aromatic carbocycles. The van der Waals surface area contributed by atoms with E-state index in [1.807, 2.05) is 12.1 Å². The molecule has 5 nitrogen and oxygen atoms in total. The Morgan fingerprint density at radius 3 is 2.11 bits per heavy atom. The molecule has 254 valence electrons. The molecule has 2 atom stereocenters. The maximum Gasteiger partial charge on any atom is 0.165 e. The molecule has 0 radical (unpaired) electrons. The minimum absolute atomic E-state index is 0.292. The number of nitrogens with zero attached hydrogens (tertiary/aromatic N) is 4. The highest BCUT2D eigenvalue weighted by atomic mass is 16.3. The number of benzene rings is 7. The van der Waals surface area contributed by atoms with E-state index in [1.54, 1.807) is 0 Å². The van der Waals surface area contributed by atoms with Gasteiger partial charge in [0.1, 0.15) is 16.9 Å². The molecule has 55 heavy (non-hydrogen) atoms. The van der Waals surface area contributed by atoms with Crippen LogP contribution in [0.5, 0.6) is 0 Å². The lowest BCUT2D eigenvalue weighted by molar-refractivity contribution is 0.669. The molecule has 5 heterocycles. The summed E-state index contributed by atoms with van der Waals surface area (Å²) < 4.78 is 11.5. The maximum absolute atomic E-state index is 6.66. The molecule has 5 heteroatoms. The number of hydrogen-bond donors (Lipinski definition) is 0. The summed E-state index contributed by atoms with van der Waals surface area (Å²) >= 11 is 0. The van der Waals surface area contributed by atoms with E-state index in [9.17, 15) is 0 Å². The lowest BCUT2D eigenvalue weighted by Crippen LogP contribution is -2.16. The van der Waals surface area contributed by atoms with Gasteiger partial charge in [-0.25, -0.2) is 9.97 Å². The van der Waals surface area contributed by atoms with Gasteiger partial charge in [-0.15, -0.1) is 0 Å². The third kappa shape index (κ3) is 3.41. The van der Waals surface area contributed by atoms with Crippen LogP contribution in [0.4, 0.5) is 0 Å². The molecule has 0 saturated carbocycles. The lowest BCUT2D eigenvalue weighted by Gasteiger charge is -2.34. The molecule has 0 fully saturated rings. The maximum atomic E-state index is 6.66. The Kier molecular flexibility index (Phi) is 5.06. The Balaban J connectivity index is 1.13. The average molecular weight is 701 g/mol. The molecular formula is C50H28N4O. The molecule has 2 aliphatic carbocycles. The highest BCUT2D eigenvalue weighted by molar-refractivity contribution is 6.37. The summed E-state index contributed by atoms with van der Waals surface area (Å²) in [5.74, 6) is 1.44. The van der Waals surface area contributed by atoms with Crippen LogP contribution in [-0.4, -0.2) is 18.9 Å². The Morgan fingerprint density at radius 2 is 1.20 bits per heavy atom. The second-order valence-electron chi connectivity index (χ2n) is 15.2. The van der Waals surface area contributed by atoms with Gasteiger partial charge in [0.2, 0.25) is 0 Å². The topological polar surface area (TPSA) is 48.3 Å². The van der Waals surface area contributed by atoms with Crippen LogP contribution in [0.2, 0.25) is 0 Å². The van der Waals surface area contributed by atoms with E-state index < -0.39 is 0 Å². The fourth-order valence-electron chi connectivity index (χ4n) is 10.4. The predicted molar refractivity (Wildman–Crippen MR) is 224 cm³/mol. The SMILES string of the molecule is C1=CC2c3ccccc3-c3cc(-c4nc5ccccc5nc4-n4c5ccc6oc7ccc8c9ccccc9n9c%10cccc4c%10c5c6c7c89)ccc3C2C=C1. The zero-order valence-electron chi connectivity index (χ0n) is 29.4. The van der Waals surface area contributed by atoms with Crippen molar-refractivity contribution in [2.45, 2.75) is 11.8 Å². The Hall–Kier alpha value is -7.24. The third-order valence-corrected chi connectivity index (χ3v) is 12.6. The first-order chi connectivity index (χ1) is 27.3. The molecule has 12 aromatic rings. The molecule has 0 bridgehead atoms. The normalized spacial score (nSPS) is 16.6. The molecule has 2 aliphatic rings. The summed E-state index contributed by atoms with van der Waals surface area (Å²) in [5, 5.41) is 7.16. The standard InChI is InChI=1S/C50H28N4O/c1-2-12-30-28(10-1)29-11-3-4-13-31(29)35-26-27(20-21-32(30)35)48-50(52-37-16-7-6-15-36(37)51-48)54-40-19-9-18-39-44(40)45-41(54)23-25-42-46(45)47-43(55-42)24-22-34-33-14-5-8-17-38(33)53(39)49(34)47/h1-26,28,30H. The van der Waals surface area contributed by atoms with Crippen molar-refractivity contribution >= 4 is 82.1 Å². The summed E-state index contributed by atoms with van der Waals surface area (Å²) in [6, 6.07) is 48.3. The fourth-order valence-corrected chi connectivity index (χ4v) is 10.4. The first-order valence-electron chi connectivity index (χ1n) is 19.0. The first kappa shape index (κ1) is 28.3. The van der Waals surface area contributed by atoms with Gasteiger partial charge < -0.3 is 8.82 Å². The molecule has 0 aliphatic heterocycles. The molecular weight excluding hydrogens is 673 g/mol. The molecule has 0 amide bonds. The monoisotopic (exact) mass is 700 g/mol. The van der Waals surface area contributed by atoms with E-state index >= 15 is 0 Å². The third-order valence-electron chi connectivity index (χ3n) is 12.6. The highest BCUT2D eigenvalue weighted by Gasteiger charge is 2.33. The molecule has 0 saturated heterocycles. The number of hydrogen-bond acceptors (Lipinski definition) is 3. The Labute approximate surface area is 313 Å². The van der Waals surface area contributed by atoms with Crippen LogP contribution in [-0.2, 0) is 0 Å². The van der Waals surface area contributed by atoms with Gasteiger partial charge >= 0.3 is 0 Å². The van der Waals surface area contributed by atoms with Gasteiger partial charge in [0.05, 0.1) is 44.0 Å². The summed E-state index contributed by atoms with van der Waals surface area (Å²) in [6.07, 6.45) is 9.08. The van der Waals surface area contributed by atoms with Gasteiger partial charge in [-0.05, 0) is 82.9 Å². The summed E-state index contributed by atoms with van der Waals surface area (Å²) in [5.41, 5.74) is 16.4. The minimum atomic E-state index is 0.292. The number of rotatable bonds is 2. The van der Waals surface area contributed by atoms with E-state index in [4.69, 9.17) is 14.4 Å². The van der Waals surface area contributed by atoms with Crippen molar-refractivity contribution in [3.63, 3.8) is 0 Å². The first-order valence-corrected chi connectivity index (χ1v) is 19.0. The van der Waals surface area contributed by atoms with Crippen LogP contribution in [0.1, 0.15) is 23.0 Å². The number of furan rings is 1. The van der Waals surface area contributed by atoms with E-state index in [2.05, 4.69) is 155 Å². The summed E-state index contributed by atoms with van der Waals surface area (Å²) in [6.45, 7) is 0. The number of fused-ring (bicyclic) bond motifs is 11. The zero-order chi connectivity index (χ0) is 35.5.